The first kappa shape index (κ1) is 12.9. The summed E-state index contributed by atoms with van der Waals surface area (Å²) in [5.74, 6) is -1.39. The summed E-state index contributed by atoms with van der Waals surface area (Å²) in [5, 5.41) is 22.0. The maximum atomic E-state index is 11.3. The molecule has 0 saturated carbocycles. The lowest BCUT2D eigenvalue weighted by atomic mass is 10.3. The lowest BCUT2D eigenvalue weighted by Gasteiger charge is -2.09. The number of aliphatic hydroxyl groups excluding tert-OH is 1. The number of pyridine rings is 1. The van der Waals surface area contributed by atoms with Gasteiger partial charge in [-0.3, -0.25) is 4.98 Å². The molecule has 7 nitrogen and oxygen atoms in total. The summed E-state index contributed by atoms with van der Waals surface area (Å²) >= 11 is 0. The largest absolute Gasteiger partial charge is 0.479 e. The Labute approximate surface area is 97.5 Å². The molecule has 7 heteroatoms. The number of aliphatic carboxylic acids is 1. The van der Waals surface area contributed by atoms with E-state index in [2.05, 4.69) is 15.6 Å². The second-order valence-corrected chi connectivity index (χ2v) is 3.38. The number of rotatable bonds is 4. The molecule has 1 rings (SSSR count). The Bertz CT molecular complexity index is 405. The molecule has 0 saturated heterocycles. The molecule has 1 heterocycles. The predicted octanol–water partition coefficient (Wildman–Crippen LogP) is -0.0430. The van der Waals surface area contributed by atoms with Gasteiger partial charge in [0.1, 0.15) is 0 Å². The first-order valence-electron chi connectivity index (χ1n) is 4.87. The molecule has 0 spiro atoms. The minimum Gasteiger partial charge on any atom is -0.479 e. The summed E-state index contributed by atoms with van der Waals surface area (Å²) < 4.78 is 0. The number of hydrogen-bond acceptors (Lipinski definition) is 4. The topological polar surface area (TPSA) is 112 Å². The second-order valence-electron chi connectivity index (χ2n) is 3.38. The lowest BCUT2D eigenvalue weighted by Crippen LogP contribution is -2.38. The maximum absolute atomic E-state index is 11.3. The number of nitrogens with one attached hydrogen (secondary N) is 2. The molecule has 0 aliphatic rings. The van der Waals surface area contributed by atoms with Crippen LogP contribution in [0.1, 0.15) is 5.69 Å². The number of nitrogens with zero attached hydrogens (tertiary/aromatic N) is 1. The number of amides is 2. The van der Waals surface area contributed by atoms with Gasteiger partial charge in [0.15, 0.2) is 6.10 Å². The molecule has 0 bridgehead atoms. The van der Waals surface area contributed by atoms with Crippen LogP contribution < -0.4 is 10.6 Å². The van der Waals surface area contributed by atoms with E-state index in [9.17, 15) is 9.59 Å². The molecule has 0 radical (unpaired) electrons. The molecule has 0 unspecified atom stereocenters. The number of carboxylic acids is 1. The number of aliphatic hydroxyl groups is 1. The van der Waals surface area contributed by atoms with Crippen LogP contribution in [0.4, 0.5) is 10.5 Å². The summed E-state index contributed by atoms with van der Waals surface area (Å²) in [4.78, 5) is 25.5. The van der Waals surface area contributed by atoms with E-state index in [-0.39, 0.29) is 6.54 Å². The van der Waals surface area contributed by atoms with Gasteiger partial charge < -0.3 is 20.8 Å². The van der Waals surface area contributed by atoms with Crippen LogP contribution in [0, 0.1) is 6.92 Å². The highest BCUT2D eigenvalue weighted by molar-refractivity contribution is 5.89. The smallest absolute Gasteiger partial charge is 0.334 e. The van der Waals surface area contributed by atoms with Crippen LogP contribution in [-0.4, -0.2) is 39.8 Å². The van der Waals surface area contributed by atoms with Crippen molar-refractivity contribution in [2.75, 3.05) is 11.9 Å². The number of aromatic nitrogens is 1. The highest BCUT2D eigenvalue weighted by Gasteiger charge is 2.13. The monoisotopic (exact) mass is 239 g/mol. The van der Waals surface area contributed by atoms with Gasteiger partial charge in [0.2, 0.25) is 0 Å². The van der Waals surface area contributed by atoms with Crippen LogP contribution in [0.2, 0.25) is 0 Å². The summed E-state index contributed by atoms with van der Waals surface area (Å²) in [6, 6.07) is 2.79. The van der Waals surface area contributed by atoms with Gasteiger partial charge in [-0.15, -0.1) is 0 Å². The third-order valence-electron chi connectivity index (χ3n) is 1.91. The van der Waals surface area contributed by atoms with E-state index < -0.39 is 18.1 Å². The fraction of sp³-hybridized carbons (Fsp3) is 0.300. The number of carboxylic acid groups (broad SMARTS) is 1. The van der Waals surface area contributed by atoms with Gasteiger partial charge in [-0.1, -0.05) is 0 Å². The van der Waals surface area contributed by atoms with Gasteiger partial charge >= 0.3 is 12.0 Å². The Balaban J connectivity index is 2.39. The molecule has 1 atom stereocenters. The molecular weight excluding hydrogens is 226 g/mol. The van der Waals surface area contributed by atoms with Crippen molar-refractivity contribution >= 4 is 17.7 Å². The molecule has 0 aliphatic heterocycles. The predicted molar refractivity (Wildman–Crippen MR) is 59.6 cm³/mol. The van der Waals surface area contributed by atoms with Crippen LogP contribution in [0.15, 0.2) is 18.3 Å². The minimum atomic E-state index is -1.61. The van der Waals surface area contributed by atoms with Crippen LogP contribution >= 0.6 is 0 Å². The summed E-state index contributed by atoms with van der Waals surface area (Å²) in [6.07, 6.45) is -0.139. The Morgan fingerprint density at radius 3 is 2.71 bits per heavy atom. The van der Waals surface area contributed by atoms with Crippen molar-refractivity contribution in [1.29, 1.82) is 0 Å². The van der Waals surface area contributed by atoms with E-state index in [4.69, 9.17) is 10.2 Å². The Morgan fingerprint density at radius 1 is 1.47 bits per heavy atom. The van der Waals surface area contributed by atoms with Gasteiger partial charge in [-0.05, 0) is 19.1 Å². The summed E-state index contributed by atoms with van der Waals surface area (Å²) in [5.41, 5.74) is 1.30. The Kier molecular flexibility index (Phi) is 4.41. The quantitative estimate of drug-likeness (QED) is 0.589. The zero-order valence-corrected chi connectivity index (χ0v) is 9.17. The molecule has 1 aromatic heterocycles. The Hall–Kier alpha value is -2.15. The van der Waals surface area contributed by atoms with Gasteiger partial charge in [0.05, 0.1) is 18.4 Å². The summed E-state index contributed by atoms with van der Waals surface area (Å²) in [6.45, 7) is 1.45. The van der Waals surface area contributed by atoms with Crippen molar-refractivity contribution in [3.8, 4) is 0 Å². The molecule has 17 heavy (non-hydrogen) atoms. The molecule has 4 N–H and O–H groups in total. The van der Waals surface area contributed by atoms with Crippen LogP contribution in [-0.2, 0) is 4.79 Å². The zero-order chi connectivity index (χ0) is 12.8. The maximum Gasteiger partial charge on any atom is 0.334 e. The number of carbonyl (C=O) groups excluding carboxylic acids is 1. The fourth-order valence-corrected chi connectivity index (χ4v) is 0.994. The molecule has 2 amide bonds. The molecule has 0 aliphatic carbocycles. The number of urea groups is 1. The first-order chi connectivity index (χ1) is 7.99. The third-order valence-corrected chi connectivity index (χ3v) is 1.91. The van der Waals surface area contributed by atoms with Crippen molar-refractivity contribution in [2.24, 2.45) is 0 Å². The number of carbonyl (C=O) groups is 2. The number of aryl methyl sites for hydroxylation is 1. The van der Waals surface area contributed by atoms with E-state index >= 15 is 0 Å². The van der Waals surface area contributed by atoms with Crippen LogP contribution in [0.25, 0.3) is 0 Å². The van der Waals surface area contributed by atoms with Gasteiger partial charge in [0.25, 0.3) is 0 Å². The zero-order valence-electron chi connectivity index (χ0n) is 9.17. The fourth-order valence-electron chi connectivity index (χ4n) is 0.994. The van der Waals surface area contributed by atoms with E-state index in [1.165, 1.54) is 6.20 Å². The molecular formula is C10H13N3O4. The van der Waals surface area contributed by atoms with Crippen molar-refractivity contribution in [3.05, 3.63) is 24.0 Å². The van der Waals surface area contributed by atoms with Crippen molar-refractivity contribution in [1.82, 2.24) is 10.3 Å². The van der Waals surface area contributed by atoms with E-state index in [0.717, 1.165) is 5.69 Å². The van der Waals surface area contributed by atoms with Crippen LogP contribution in [0.3, 0.4) is 0 Å². The lowest BCUT2D eigenvalue weighted by molar-refractivity contribution is -0.146. The van der Waals surface area contributed by atoms with Crippen molar-refractivity contribution in [2.45, 2.75) is 13.0 Å². The van der Waals surface area contributed by atoms with Crippen molar-refractivity contribution in [3.63, 3.8) is 0 Å². The SMILES string of the molecule is Cc1ccc(NC(=O)NC[C@H](O)C(=O)O)cn1. The van der Waals surface area contributed by atoms with E-state index in [1.807, 2.05) is 6.92 Å². The third kappa shape index (κ3) is 4.47. The minimum absolute atomic E-state index is 0.361. The average Bonchev–Trinajstić information content (AvgIpc) is 2.29. The molecule has 92 valence electrons. The van der Waals surface area contributed by atoms with Crippen LogP contribution in [0.5, 0.6) is 0 Å². The van der Waals surface area contributed by atoms with Crippen molar-refractivity contribution < 1.29 is 19.8 Å². The number of anilines is 1. The Morgan fingerprint density at radius 2 is 2.18 bits per heavy atom. The molecule has 1 aromatic rings. The first-order valence-corrected chi connectivity index (χ1v) is 4.87. The normalized spacial score (nSPS) is 11.6. The summed E-state index contributed by atoms with van der Waals surface area (Å²) in [7, 11) is 0. The highest BCUT2D eigenvalue weighted by atomic mass is 16.4. The molecule has 0 fully saturated rings. The average molecular weight is 239 g/mol. The van der Waals surface area contributed by atoms with E-state index in [0.29, 0.717) is 5.69 Å². The van der Waals surface area contributed by atoms with Gasteiger partial charge in [-0.2, -0.15) is 0 Å². The standard InChI is InChI=1S/C10H13N3O4/c1-6-2-3-7(4-11-6)13-10(17)12-5-8(14)9(15)16/h2-4,8,14H,5H2,1H3,(H,15,16)(H2,12,13,17)/t8-/m0/s1. The highest BCUT2D eigenvalue weighted by Crippen LogP contribution is 2.04. The van der Waals surface area contributed by atoms with Gasteiger partial charge in [0, 0.05) is 5.69 Å². The van der Waals surface area contributed by atoms with E-state index in [1.54, 1.807) is 12.1 Å². The molecule has 0 aromatic carbocycles. The number of hydrogen-bond donors (Lipinski definition) is 4. The van der Waals surface area contributed by atoms with Gasteiger partial charge in [-0.25, -0.2) is 9.59 Å². The second kappa shape index (κ2) is 5.80.